The number of benzene rings is 1. The van der Waals surface area contributed by atoms with Gasteiger partial charge in [-0.15, -0.1) is 0 Å². The number of piperidine rings is 1. The molecule has 3 rings (SSSR count). The predicted octanol–water partition coefficient (Wildman–Crippen LogP) is 3.23. The monoisotopic (exact) mass is 339 g/mol. The molecule has 0 aliphatic carbocycles. The van der Waals surface area contributed by atoms with Crippen LogP contribution in [0.5, 0.6) is 0 Å². The highest BCUT2D eigenvalue weighted by atomic mass is 16.4. The smallest absolute Gasteiger partial charge is 0.335 e. The van der Waals surface area contributed by atoms with Gasteiger partial charge in [-0.05, 0) is 54.6 Å². The molecule has 5 heteroatoms. The number of carboxylic acids is 1. The van der Waals surface area contributed by atoms with E-state index in [1.54, 1.807) is 6.07 Å². The van der Waals surface area contributed by atoms with Crippen molar-refractivity contribution in [2.24, 2.45) is 0 Å². The first-order valence-corrected chi connectivity index (χ1v) is 8.71. The molecular formula is C20H25N3O2. The minimum atomic E-state index is -0.860. The minimum Gasteiger partial charge on any atom is -0.478 e. The lowest BCUT2D eigenvalue weighted by atomic mass is 9.89. The second-order valence-corrected chi connectivity index (χ2v) is 6.92. The summed E-state index contributed by atoms with van der Waals surface area (Å²) in [5, 5.41) is 9.20. The molecule has 2 aromatic rings. The van der Waals surface area contributed by atoms with Crippen molar-refractivity contribution in [1.29, 1.82) is 0 Å². The van der Waals surface area contributed by atoms with Crippen molar-refractivity contribution in [1.82, 2.24) is 9.88 Å². The lowest BCUT2D eigenvalue weighted by Crippen LogP contribution is -2.34. The van der Waals surface area contributed by atoms with E-state index in [1.165, 1.54) is 5.56 Å². The van der Waals surface area contributed by atoms with Crippen LogP contribution in [0.25, 0.3) is 0 Å². The largest absolute Gasteiger partial charge is 0.478 e. The highest BCUT2D eigenvalue weighted by molar-refractivity contribution is 5.87. The summed E-state index contributed by atoms with van der Waals surface area (Å²) in [5.41, 5.74) is 2.72. The average Bonchev–Trinajstić information content (AvgIpc) is 2.62. The van der Waals surface area contributed by atoms with E-state index in [0.717, 1.165) is 43.9 Å². The van der Waals surface area contributed by atoms with Gasteiger partial charge in [-0.3, -0.25) is 4.90 Å². The number of hydrogen-bond donors (Lipinski definition) is 1. The summed E-state index contributed by atoms with van der Waals surface area (Å²) >= 11 is 0. The van der Waals surface area contributed by atoms with Gasteiger partial charge >= 0.3 is 5.97 Å². The number of hydrogen-bond acceptors (Lipinski definition) is 4. The van der Waals surface area contributed by atoms with E-state index in [-0.39, 0.29) is 0 Å². The van der Waals surface area contributed by atoms with Crippen molar-refractivity contribution in [2.75, 3.05) is 32.1 Å². The van der Waals surface area contributed by atoms with Crippen LogP contribution in [0.4, 0.5) is 5.82 Å². The van der Waals surface area contributed by atoms with E-state index in [0.29, 0.717) is 11.5 Å². The molecule has 0 radical (unpaired) electrons. The third-order valence-electron chi connectivity index (χ3n) is 4.78. The summed E-state index contributed by atoms with van der Waals surface area (Å²) in [6.45, 7) is 2.92. The summed E-state index contributed by atoms with van der Waals surface area (Å²) in [6.07, 6.45) is 4.19. The van der Waals surface area contributed by atoms with E-state index in [2.05, 4.69) is 16.0 Å². The van der Waals surface area contributed by atoms with E-state index >= 15 is 0 Å². The normalized spacial score (nSPS) is 18.1. The molecule has 1 aromatic carbocycles. The zero-order chi connectivity index (χ0) is 17.8. The molecule has 1 aromatic heterocycles. The second kappa shape index (κ2) is 7.66. The van der Waals surface area contributed by atoms with Crippen molar-refractivity contribution in [3.05, 3.63) is 59.3 Å². The zero-order valence-electron chi connectivity index (χ0n) is 14.9. The van der Waals surface area contributed by atoms with Crippen LogP contribution in [-0.2, 0) is 6.54 Å². The number of rotatable bonds is 5. The molecule has 0 saturated carbocycles. The molecule has 1 fully saturated rings. The lowest BCUT2D eigenvalue weighted by molar-refractivity contribution is 0.0696. The molecule has 0 spiro atoms. The molecule has 5 nitrogen and oxygen atoms in total. The Morgan fingerprint density at radius 1 is 1.32 bits per heavy atom. The fourth-order valence-electron chi connectivity index (χ4n) is 3.43. The topological polar surface area (TPSA) is 56.7 Å². The fourth-order valence-corrected chi connectivity index (χ4v) is 3.43. The first kappa shape index (κ1) is 17.4. The van der Waals surface area contributed by atoms with Gasteiger partial charge in [0.1, 0.15) is 5.82 Å². The summed E-state index contributed by atoms with van der Waals surface area (Å²) in [4.78, 5) is 20.1. The van der Waals surface area contributed by atoms with Gasteiger partial charge in [0.2, 0.25) is 0 Å². The van der Waals surface area contributed by atoms with Gasteiger partial charge in [0.05, 0.1) is 5.56 Å². The van der Waals surface area contributed by atoms with Crippen LogP contribution < -0.4 is 4.90 Å². The lowest BCUT2D eigenvalue weighted by Gasteiger charge is -2.33. The third-order valence-corrected chi connectivity index (χ3v) is 4.78. The van der Waals surface area contributed by atoms with E-state index < -0.39 is 5.97 Å². The van der Waals surface area contributed by atoms with Crippen molar-refractivity contribution < 1.29 is 9.90 Å². The van der Waals surface area contributed by atoms with E-state index in [1.807, 2.05) is 49.5 Å². The Balaban J connectivity index is 1.66. The standard InChI is InChI=1S/C20H25N3O2/c1-22(2)19-9-8-15(12-21-19)13-23-10-4-7-18(14-23)16-5-3-6-17(11-16)20(24)25/h3,5-6,8-9,11-12,18H,4,7,10,13-14H2,1-2H3,(H,24,25). The van der Waals surface area contributed by atoms with Gasteiger partial charge in [-0.25, -0.2) is 9.78 Å². The van der Waals surface area contributed by atoms with Crippen molar-refractivity contribution in [3.8, 4) is 0 Å². The van der Waals surface area contributed by atoms with Gasteiger partial charge in [-0.2, -0.15) is 0 Å². The highest BCUT2D eigenvalue weighted by Crippen LogP contribution is 2.28. The van der Waals surface area contributed by atoms with Crippen LogP contribution in [-0.4, -0.2) is 48.1 Å². The second-order valence-electron chi connectivity index (χ2n) is 6.92. The van der Waals surface area contributed by atoms with Gasteiger partial charge in [0.15, 0.2) is 0 Å². The van der Waals surface area contributed by atoms with Crippen LogP contribution in [0.2, 0.25) is 0 Å². The molecule has 2 heterocycles. The number of nitrogens with zero attached hydrogens (tertiary/aromatic N) is 3. The number of carbonyl (C=O) groups is 1. The summed E-state index contributed by atoms with van der Waals surface area (Å²) in [6, 6.07) is 11.6. The first-order valence-electron chi connectivity index (χ1n) is 8.71. The molecular weight excluding hydrogens is 314 g/mol. The van der Waals surface area contributed by atoms with Crippen molar-refractivity contribution in [2.45, 2.75) is 25.3 Å². The Morgan fingerprint density at radius 3 is 2.84 bits per heavy atom. The molecule has 0 bridgehead atoms. The van der Waals surface area contributed by atoms with Gasteiger partial charge in [0.25, 0.3) is 0 Å². The highest BCUT2D eigenvalue weighted by Gasteiger charge is 2.22. The van der Waals surface area contributed by atoms with Crippen LogP contribution >= 0.6 is 0 Å². The molecule has 1 aliphatic rings. The number of pyridine rings is 1. The predicted molar refractivity (Wildman–Crippen MR) is 99.2 cm³/mol. The zero-order valence-corrected chi connectivity index (χ0v) is 14.9. The van der Waals surface area contributed by atoms with Crippen molar-refractivity contribution in [3.63, 3.8) is 0 Å². The van der Waals surface area contributed by atoms with Crippen molar-refractivity contribution >= 4 is 11.8 Å². The number of carboxylic acid groups (broad SMARTS) is 1. The third kappa shape index (κ3) is 4.37. The van der Waals surface area contributed by atoms with Crippen LogP contribution in [0.15, 0.2) is 42.6 Å². The minimum absolute atomic E-state index is 0.373. The fraction of sp³-hybridized carbons (Fsp3) is 0.400. The quantitative estimate of drug-likeness (QED) is 0.906. The van der Waals surface area contributed by atoms with Crippen LogP contribution in [0.1, 0.15) is 40.2 Å². The molecule has 1 saturated heterocycles. The molecule has 1 aliphatic heterocycles. The first-order chi connectivity index (χ1) is 12.0. The molecule has 1 atom stereocenters. The summed E-state index contributed by atoms with van der Waals surface area (Å²) in [7, 11) is 3.98. The van der Waals surface area contributed by atoms with Gasteiger partial charge in [-0.1, -0.05) is 18.2 Å². The van der Waals surface area contributed by atoms with Crippen LogP contribution in [0, 0.1) is 0 Å². The van der Waals surface area contributed by atoms with E-state index in [9.17, 15) is 9.90 Å². The molecule has 1 unspecified atom stereocenters. The Labute approximate surface area is 148 Å². The molecule has 132 valence electrons. The number of aromatic nitrogens is 1. The molecule has 25 heavy (non-hydrogen) atoms. The Kier molecular flexibility index (Phi) is 5.34. The molecule has 1 N–H and O–H groups in total. The Bertz CT molecular complexity index is 728. The van der Waals surface area contributed by atoms with Gasteiger partial charge in [0, 0.05) is 33.4 Å². The average molecular weight is 339 g/mol. The number of aromatic carboxylic acids is 1. The molecule has 0 amide bonds. The summed E-state index contributed by atoms with van der Waals surface area (Å²) < 4.78 is 0. The maximum atomic E-state index is 11.2. The SMILES string of the molecule is CN(C)c1ccc(CN2CCCC(c3cccc(C(=O)O)c3)C2)cn1. The number of anilines is 1. The van der Waals surface area contributed by atoms with Crippen LogP contribution in [0.3, 0.4) is 0 Å². The summed E-state index contributed by atoms with van der Waals surface area (Å²) in [5.74, 6) is 0.495. The number of likely N-dealkylation sites (tertiary alicyclic amines) is 1. The Morgan fingerprint density at radius 2 is 2.16 bits per heavy atom. The Hall–Kier alpha value is -2.40. The van der Waals surface area contributed by atoms with Gasteiger partial charge < -0.3 is 10.0 Å². The van der Waals surface area contributed by atoms with E-state index in [4.69, 9.17) is 0 Å². The maximum absolute atomic E-state index is 11.2. The maximum Gasteiger partial charge on any atom is 0.335 e.